The van der Waals surface area contributed by atoms with E-state index in [4.69, 9.17) is 11.5 Å². The number of hydrogen-bond donors (Lipinski definition) is 3. The van der Waals surface area contributed by atoms with Gasteiger partial charge in [0.05, 0.1) is 0 Å². The minimum atomic E-state index is -0.171. The van der Waals surface area contributed by atoms with Crippen LogP contribution in [0.2, 0.25) is 0 Å². The van der Waals surface area contributed by atoms with Crippen LogP contribution in [0.1, 0.15) is 50.6 Å². The normalized spacial score (nSPS) is 26.9. The molecule has 0 amide bonds. The molecule has 0 spiro atoms. The van der Waals surface area contributed by atoms with Gasteiger partial charge >= 0.3 is 0 Å². The molecule has 19 heavy (non-hydrogen) atoms. The Kier molecular flexibility index (Phi) is 4.83. The van der Waals surface area contributed by atoms with Gasteiger partial charge in [0.25, 0.3) is 0 Å². The third kappa shape index (κ3) is 3.71. The Morgan fingerprint density at radius 3 is 2.42 bits per heavy atom. The van der Waals surface area contributed by atoms with Crippen LogP contribution < -0.4 is 11.5 Å². The van der Waals surface area contributed by atoms with Crippen LogP contribution in [0.5, 0.6) is 5.75 Å². The Morgan fingerprint density at radius 2 is 1.79 bits per heavy atom. The van der Waals surface area contributed by atoms with Gasteiger partial charge in [-0.05, 0) is 37.2 Å². The summed E-state index contributed by atoms with van der Waals surface area (Å²) in [4.78, 5) is 0. The van der Waals surface area contributed by atoms with Crippen molar-refractivity contribution in [1.29, 1.82) is 0 Å². The summed E-state index contributed by atoms with van der Waals surface area (Å²) in [5, 5.41) is 9.82. The third-order valence-corrected chi connectivity index (χ3v) is 4.53. The summed E-state index contributed by atoms with van der Waals surface area (Å²) in [6.07, 6.45) is 5.75. The predicted molar refractivity (Wildman–Crippen MR) is 78.7 cm³/mol. The first-order chi connectivity index (χ1) is 9.08. The number of nitrogens with two attached hydrogens (primary N) is 2. The second kappa shape index (κ2) is 6.40. The summed E-state index contributed by atoms with van der Waals surface area (Å²) in [6, 6.07) is 7.26. The van der Waals surface area contributed by atoms with E-state index in [9.17, 15) is 5.11 Å². The molecule has 2 rings (SSSR count). The Morgan fingerprint density at radius 1 is 1.16 bits per heavy atom. The fourth-order valence-electron chi connectivity index (χ4n) is 3.13. The van der Waals surface area contributed by atoms with Crippen molar-refractivity contribution in [2.24, 2.45) is 23.3 Å². The maximum absolute atomic E-state index is 9.82. The summed E-state index contributed by atoms with van der Waals surface area (Å²) in [6.45, 7) is 2.31. The summed E-state index contributed by atoms with van der Waals surface area (Å²) < 4.78 is 0. The number of phenolic OH excluding ortho intramolecular Hbond substituents is 1. The summed E-state index contributed by atoms with van der Waals surface area (Å²) >= 11 is 0. The number of para-hydroxylation sites is 1. The molecule has 1 aromatic carbocycles. The Bertz CT molecular complexity index is 399. The van der Waals surface area contributed by atoms with Gasteiger partial charge in [0, 0.05) is 17.6 Å². The van der Waals surface area contributed by atoms with Crippen molar-refractivity contribution < 1.29 is 5.11 Å². The van der Waals surface area contributed by atoms with Crippen molar-refractivity contribution >= 4 is 0 Å². The van der Waals surface area contributed by atoms with E-state index in [0.717, 1.165) is 17.9 Å². The van der Waals surface area contributed by atoms with Crippen molar-refractivity contribution in [3.05, 3.63) is 29.8 Å². The zero-order valence-corrected chi connectivity index (χ0v) is 11.8. The van der Waals surface area contributed by atoms with Gasteiger partial charge in [0.2, 0.25) is 0 Å². The molecule has 0 aliphatic heterocycles. The summed E-state index contributed by atoms with van der Waals surface area (Å²) in [5.41, 5.74) is 13.3. The summed E-state index contributed by atoms with van der Waals surface area (Å²) in [7, 11) is 0. The second-order valence-corrected chi connectivity index (χ2v) is 6.08. The van der Waals surface area contributed by atoms with Gasteiger partial charge in [-0.3, -0.25) is 0 Å². The first kappa shape index (κ1) is 14.4. The van der Waals surface area contributed by atoms with Gasteiger partial charge in [-0.15, -0.1) is 0 Å². The SMILES string of the molecule is CC1CCC([C@@H](N)CC(N)c2ccccc2O)CC1. The standard InChI is InChI=1S/C16H26N2O/c1-11-6-8-12(9-7-11)14(17)10-15(18)13-4-2-3-5-16(13)19/h2-5,11-12,14-15,19H,6-10,17-18H2,1H3/t11?,12?,14-,15?/m0/s1. The van der Waals surface area contributed by atoms with E-state index in [1.165, 1.54) is 25.7 Å². The van der Waals surface area contributed by atoms with Crippen molar-refractivity contribution in [3.8, 4) is 5.75 Å². The van der Waals surface area contributed by atoms with Crippen LogP contribution in [-0.2, 0) is 0 Å². The largest absolute Gasteiger partial charge is 0.508 e. The maximum atomic E-state index is 9.82. The first-order valence-corrected chi connectivity index (χ1v) is 7.37. The number of rotatable bonds is 4. The number of hydrogen-bond acceptors (Lipinski definition) is 3. The number of benzene rings is 1. The van der Waals surface area contributed by atoms with Crippen LogP contribution in [0.15, 0.2) is 24.3 Å². The van der Waals surface area contributed by atoms with Crippen LogP contribution in [0.3, 0.4) is 0 Å². The molecule has 2 atom stereocenters. The van der Waals surface area contributed by atoms with Crippen LogP contribution >= 0.6 is 0 Å². The van der Waals surface area contributed by atoms with Gasteiger partial charge in [-0.2, -0.15) is 0 Å². The van der Waals surface area contributed by atoms with Crippen LogP contribution in [0.4, 0.5) is 0 Å². The van der Waals surface area contributed by atoms with Crippen LogP contribution in [0.25, 0.3) is 0 Å². The van der Waals surface area contributed by atoms with E-state index in [0.29, 0.717) is 5.92 Å². The quantitative estimate of drug-likeness (QED) is 0.781. The molecule has 5 N–H and O–H groups in total. The molecule has 0 saturated heterocycles. The fraction of sp³-hybridized carbons (Fsp3) is 0.625. The minimum Gasteiger partial charge on any atom is -0.508 e. The van der Waals surface area contributed by atoms with Gasteiger partial charge in [-0.25, -0.2) is 0 Å². The molecular formula is C16H26N2O. The zero-order chi connectivity index (χ0) is 13.8. The highest BCUT2D eigenvalue weighted by molar-refractivity contribution is 5.34. The molecule has 0 heterocycles. The molecule has 0 aromatic heterocycles. The lowest BCUT2D eigenvalue weighted by atomic mass is 9.77. The fourth-order valence-corrected chi connectivity index (χ4v) is 3.13. The molecule has 0 radical (unpaired) electrons. The molecule has 1 unspecified atom stereocenters. The van der Waals surface area contributed by atoms with E-state index in [1.54, 1.807) is 6.07 Å². The Labute approximate surface area is 116 Å². The van der Waals surface area contributed by atoms with Gasteiger partial charge in [-0.1, -0.05) is 38.0 Å². The smallest absolute Gasteiger partial charge is 0.120 e. The van der Waals surface area contributed by atoms with Crippen molar-refractivity contribution in [1.82, 2.24) is 0 Å². The molecule has 0 bridgehead atoms. The lowest BCUT2D eigenvalue weighted by Crippen LogP contribution is -2.35. The van der Waals surface area contributed by atoms with Crippen molar-refractivity contribution in [2.45, 2.75) is 51.1 Å². The molecule has 3 heteroatoms. The average Bonchev–Trinajstić information content (AvgIpc) is 2.39. The van der Waals surface area contributed by atoms with E-state index in [1.807, 2.05) is 18.2 Å². The lowest BCUT2D eigenvalue weighted by molar-refractivity contribution is 0.242. The molecule has 1 aliphatic carbocycles. The highest BCUT2D eigenvalue weighted by Crippen LogP contribution is 2.33. The molecule has 1 aliphatic rings. The minimum absolute atomic E-state index is 0.141. The van der Waals surface area contributed by atoms with Gasteiger partial charge < -0.3 is 16.6 Å². The molecule has 1 aromatic rings. The lowest BCUT2D eigenvalue weighted by Gasteiger charge is -2.32. The maximum Gasteiger partial charge on any atom is 0.120 e. The zero-order valence-electron chi connectivity index (χ0n) is 11.8. The van der Waals surface area contributed by atoms with E-state index < -0.39 is 0 Å². The second-order valence-electron chi connectivity index (χ2n) is 6.08. The molecular weight excluding hydrogens is 236 g/mol. The number of phenols is 1. The van der Waals surface area contributed by atoms with Crippen molar-refractivity contribution in [3.63, 3.8) is 0 Å². The average molecular weight is 262 g/mol. The van der Waals surface area contributed by atoms with Crippen LogP contribution in [0, 0.1) is 11.8 Å². The molecule has 106 valence electrons. The third-order valence-electron chi connectivity index (χ3n) is 4.53. The molecule has 1 saturated carbocycles. The van der Waals surface area contributed by atoms with E-state index in [2.05, 4.69) is 6.92 Å². The highest BCUT2D eigenvalue weighted by atomic mass is 16.3. The van der Waals surface area contributed by atoms with Crippen LogP contribution in [-0.4, -0.2) is 11.1 Å². The first-order valence-electron chi connectivity index (χ1n) is 7.37. The topological polar surface area (TPSA) is 72.3 Å². The summed E-state index contributed by atoms with van der Waals surface area (Å²) in [5.74, 6) is 1.71. The van der Waals surface area contributed by atoms with Gasteiger partial charge in [0.1, 0.15) is 5.75 Å². The Balaban J connectivity index is 1.91. The van der Waals surface area contributed by atoms with Gasteiger partial charge in [0.15, 0.2) is 0 Å². The van der Waals surface area contributed by atoms with E-state index >= 15 is 0 Å². The monoisotopic (exact) mass is 262 g/mol. The number of aromatic hydroxyl groups is 1. The highest BCUT2D eigenvalue weighted by Gasteiger charge is 2.25. The molecule has 1 fully saturated rings. The van der Waals surface area contributed by atoms with E-state index in [-0.39, 0.29) is 17.8 Å². The Hall–Kier alpha value is -1.06. The molecule has 3 nitrogen and oxygen atoms in total. The predicted octanol–water partition coefficient (Wildman–Crippen LogP) is 2.94. The van der Waals surface area contributed by atoms with Crippen molar-refractivity contribution in [2.75, 3.05) is 0 Å².